The number of nitrogens with zero attached hydrogens (tertiary/aromatic N) is 1. The maximum atomic E-state index is 10.5. The number of rotatable bonds is 7. The van der Waals surface area contributed by atoms with E-state index in [1.165, 1.54) is 0 Å². The highest BCUT2D eigenvalue weighted by Gasteiger charge is 2.17. The molecular weight excluding hydrogens is 274 g/mol. The summed E-state index contributed by atoms with van der Waals surface area (Å²) in [4.78, 5) is 2.09. The molecule has 0 radical (unpaired) electrons. The fourth-order valence-corrected chi connectivity index (χ4v) is 2.53. The Kier molecular flexibility index (Phi) is 5.99. The second kappa shape index (κ2) is 7.97. The summed E-state index contributed by atoms with van der Waals surface area (Å²) < 4.78 is 5.82. The number of benzene rings is 2. The zero-order valence-corrected chi connectivity index (χ0v) is 13.6. The lowest BCUT2D eigenvalue weighted by Gasteiger charge is -2.23. The first kappa shape index (κ1) is 16.5. The quantitative estimate of drug-likeness (QED) is 0.849. The summed E-state index contributed by atoms with van der Waals surface area (Å²) in [5, 5.41) is 10.5. The molecule has 0 aliphatic heterocycles. The van der Waals surface area contributed by atoms with E-state index < -0.39 is 6.10 Å². The van der Waals surface area contributed by atoms with Crippen LogP contribution in [0.4, 0.5) is 0 Å². The van der Waals surface area contributed by atoms with Crippen molar-refractivity contribution in [3.63, 3.8) is 0 Å². The van der Waals surface area contributed by atoms with Gasteiger partial charge in [-0.3, -0.25) is 0 Å². The first-order valence-electron chi connectivity index (χ1n) is 7.65. The van der Waals surface area contributed by atoms with Crippen molar-refractivity contribution in [2.24, 2.45) is 5.92 Å². The van der Waals surface area contributed by atoms with Gasteiger partial charge in [0.25, 0.3) is 0 Å². The summed E-state index contributed by atoms with van der Waals surface area (Å²) in [6.45, 7) is 3.44. The highest BCUT2D eigenvalue weighted by molar-refractivity contribution is 5.30. The minimum absolute atomic E-state index is 0.166. The van der Waals surface area contributed by atoms with Crippen LogP contribution in [-0.2, 0) is 6.61 Å². The predicted molar refractivity (Wildman–Crippen MR) is 89.9 cm³/mol. The number of aliphatic hydroxyl groups excluding tert-OH is 1. The third kappa shape index (κ3) is 4.86. The molecule has 0 bridgehead atoms. The largest absolute Gasteiger partial charge is 0.489 e. The highest BCUT2D eigenvalue weighted by Crippen LogP contribution is 2.25. The Hall–Kier alpha value is -1.84. The topological polar surface area (TPSA) is 32.7 Å². The first-order chi connectivity index (χ1) is 10.6. The molecule has 3 heteroatoms. The predicted octanol–water partition coefficient (Wildman–Crippen LogP) is 3.50. The normalized spacial score (nSPS) is 13.9. The Morgan fingerprint density at radius 2 is 1.77 bits per heavy atom. The molecule has 2 atom stereocenters. The Labute approximate surface area is 133 Å². The van der Waals surface area contributed by atoms with Gasteiger partial charge >= 0.3 is 0 Å². The summed E-state index contributed by atoms with van der Waals surface area (Å²) in [6, 6.07) is 17.8. The summed E-state index contributed by atoms with van der Waals surface area (Å²) in [6.07, 6.45) is -0.484. The van der Waals surface area contributed by atoms with Gasteiger partial charge in [-0.05, 0) is 43.3 Å². The van der Waals surface area contributed by atoms with E-state index >= 15 is 0 Å². The third-order valence-electron chi connectivity index (χ3n) is 3.64. The molecule has 2 aromatic carbocycles. The van der Waals surface area contributed by atoms with Crippen LogP contribution in [0.25, 0.3) is 0 Å². The third-order valence-corrected chi connectivity index (χ3v) is 3.64. The van der Waals surface area contributed by atoms with Gasteiger partial charge in [-0.2, -0.15) is 0 Å². The van der Waals surface area contributed by atoms with Crippen LogP contribution in [0.3, 0.4) is 0 Å². The zero-order chi connectivity index (χ0) is 15.9. The number of ether oxygens (including phenoxy) is 1. The molecule has 0 fully saturated rings. The molecule has 0 aliphatic carbocycles. The Balaban J connectivity index is 2.00. The van der Waals surface area contributed by atoms with Crippen molar-refractivity contribution in [3.05, 3.63) is 65.7 Å². The van der Waals surface area contributed by atoms with Gasteiger partial charge in [0.1, 0.15) is 12.4 Å². The Morgan fingerprint density at radius 1 is 1.05 bits per heavy atom. The second-order valence-corrected chi connectivity index (χ2v) is 6.03. The summed E-state index contributed by atoms with van der Waals surface area (Å²) in [5.74, 6) is 0.955. The van der Waals surface area contributed by atoms with Crippen LogP contribution in [0.2, 0.25) is 0 Å². The minimum atomic E-state index is -0.484. The lowest BCUT2D eigenvalue weighted by molar-refractivity contribution is 0.0999. The van der Waals surface area contributed by atoms with Gasteiger partial charge in [-0.15, -0.1) is 0 Å². The van der Waals surface area contributed by atoms with Crippen molar-refractivity contribution < 1.29 is 9.84 Å². The van der Waals surface area contributed by atoms with Crippen molar-refractivity contribution in [1.29, 1.82) is 0 Å². The van der Waals surface area contributed by atoms with Crippen LogP contribution in [0, 0.1) is 5.92 Å². The Morgan fingerprint density at radius 3 is 2.45 bits per heavy atom. The molecule has 2 aromatic rings. The molecule has 0 saturated heterocycles. The molecule has 22 heavy (non-hydrogen) atoms. The molecule has 3 nitrogen and oxygen atoms in total. The van der Waals surface area contributed by atoms with E-state index in [0.717, 1.165) is 23.4 Å². The van der Waals surface area contributed by atoms with E-state index in [-0.39, 0.29) is 5.92 Å². The molecule has 0 saturated carbocycles. The standard InChI is InChI=1S/C19H25NO2/c1-15(13-20(2)3)19(21)17-10-7-11-18(12-17)22-14-16-8-5-4-6-9-16/h4-12,15,19,21H,13-14H2,1-3H3. The lowest BCUT2D eigenvalue weighted by Crippen LogP contribution is -2.24. The molecule has 0 amide bonds. The fraction of sp³-hybridized carbons (Fsp3) is 0.368. The van der Waals surface area contributed by atoms with Gasteiger partial charge < -0.3 is 14.7 Å². The van der Waals surface area contributed by atoms with Gasteiger partial charge in [0, 0.05) is 6.54 Å². The number of hydrogen-bond acceptors (Lipinski definition) is 3. The van der Waals surface area contributed by atoms with Gasteiger partial charge in [0.2, 0.25) is 0 Å². The van der Waals surface area contributed by atoms with Crippen molar-refractivity contribution in [2.75, 3.05) is 20.6 Å². The molecule has 0 spiro atoms. The zero-order valence-electron chi connectivity index (χ0n) is 13.6. The molecule has 0 aliphatic rings. The van der Waals surface area contributed by atoms with Crippen LogP contribution >= 0.6 is 0 Å². The number of aliphatic hydroxyl groups is 1. The van der Waals surface area contributed by atoms with Crippen LogP contribution in [0.5, 0.6) is 5.75 Å². The van der Waals surface area contributed by atoms with E-state index in [4.69, 9.17) is 4.74 Å². The van der Waals surface area contributed by atoms with E-state index in [0.29, 0.717) is 6.61 Å². The minimum Gasteiger partial charge on any atom is -0.489 e. The van der Waals surface area contributed by atoms with E-state index in [9.17, 15) is 5.11 Å². The SMILES string of the molecule is CC(CN(C)C)C(O)c1cccc(OCc2ccccc2)c1. The molecular formula is C19H25NO2. The average Bonchev–Trinajstić information content (AvgIpc) is 2.53. The van der Waals surface area contributed by atoms with Gasteiger partial charge in [-0.1, -0.05) is 49.4 Å². The summed E-state index contributed by atoms with van der Waals surface area (Å²) in [5.41, 5.74) is 2.04. The molecule has 0 aromatic heterocycles. The highest BCUT2D eigenvalue weighted by atomic mass is 16.5. The van der Waals surface area contributed by atoms with Crippen molar-refractivity contribution in [1.82, 2.24) is 4.90 Å². The van der Waals surface area contributed by atoms with E-state index in [2.05, 4.69) is 11.8 Å². The maximum absolute atomic E-state index is 10.5. The van der Waals surface area contributed by atoms with Crippen LogP contribution in [0.15, 0.2) is 54.6 Å². The number of hydrogen-bond donors (Lipinski definition) is 1. The van der Waals surface area contributed by atoms with E-state index in [1.807, 2.05) is 68.7 Å². The van der Waals surface area contributed by atoms with Crippen LogP contribution in [0.1, 0.15) is 24.2 Å². The van der Waals surface area contributed by atoms with Gasteiger partial charge in [-0.25, -0.2) is 0 Å². The molecule has 2 unspecified atom stereocenters. The van der Waals surface area contributed by atoms with Gasteiger partial charge in [0.05, 0.1) is 6.10 Å². The van der Waals surface area contributed by atoms with Gasteiger partial charge in [0.15, 0.2) is 0 Å². The van der Waals surface area contributed by atoms with Crippen molar-refractivity contribution in [3.8, 4) is 5.75 Å². The molecule has 118 valence electrons. The smallest absolute Gasteiger partial charge is 0.120 e. The Bertz CT molecular complexity index is 569. The van der Waals surface area contributed by atoms with Crippen molar-refractivity contribution >= 4 is 0 Å². The second-order valence-electron chi connectivity index (χ2n) is 6.03. The fourth-order valence-electron chi connectivity index (χ4n) is 2.53. The summed E-state index contributed by atoms with van der Waals surface area (Å²) >= 11 is 0. The molecule has 2 rings (SSSR count). The molecule has 0 heterocycles. The maximum Gasteiger partial charge on any atom is 0.120 e. The van der Waals surface area contributed by atoms with Crippen LogP contribution in [-0.4, -0.2) is 30.6 Å². The lowest BCUT2D eigenvalue weighted by atomic mass is 9.97. The monoisotopic (exact) mass is 299 g/mol. The van der Waals surface area contributed by atoms with Crippen LogP contribution < -0.4 is 4.74 Å². The first-order valence-corrected chi connectivity index (χ1v) is 7.65. The van der Waals surface area contributed by atoms with Crippen molar-refractivity contribution in [2.45, 2.75) is 19.6 Å². The molecule has 1 N–H and O–H groups in total. The summed E-state index contributed by atoms with van der Waals surface area (Å²) in [7, 11) is 4.03. The van der Waals surface area contributed by atoms with E-state index in [1.54, 1.807) is 0 Å². The average molecular weight is 299 g/mol.